The summed E-state index contributed by atoms with van der Waals surface area (Å²) >= 11 is 3.40. The molecule has 1 unspecified atom stereocenters. The minimum Gasteiger partial charge on any atom is -0.467 e. The van der Waals surface area contributed by atoms with Crippen LogP contribution in [0.3, 0.4) is 0 Å². The molecular weight excluding hydrogens is 374 g/mol. The van der Waals surface area contributed by atoms with Gasteiger partial charge in [-0.3, -0.25) is 4.90 Å². The van der Waals surface area contributed by atoms with Crippen LogP contribution in [-0.2, 0) is 20.9 Å². The fourth-order valence-electron chi connectivity index (χ4n) is 2.23. The molecule has 0 aliphatic rings. The quantitative estimate of drug-likeness (QED) is 0.724. The van der Waals surface area contributed by atoms with Crippen LogP contribution in [0.5, 0.6) is 0 Å². The standard InChI is InChI=1S/C18H18BrNO4/c1-20(18(22)24-12-13-8-4-3-5-9-13)16(17(21)23-2)14-10-6-7-11-15(14)19/h3-11,16H,12H2,1-2H3. The lowest BCUT2D eigenvalue weighted by atomic mass is 10.1. The van der Waals surface area contributed by atoms with E-state index in [9.17, 15) is 9.59 Å². The molecule has 0 bridgehead atoms. The van der Waals surface area contributed by atoms with Crippen molar-refractivity contribution < 1.29 is 19.1 Å². The average Bonchev–Trinajstić information content (AvgIpc) is 2.62. The minimum absolute atomic E-state index is 0.133. The molecule has 0 saturated carbocycles. The zero-order chi connectivity index (χ0) is 17.5. The number of halogens is 1. The third-order valence-corrected chi connectivity index (χ3v) is 4.23. The summed E-state index contributed by atoms with van der Waals surface area (Å²) in [5, 5.41) is 0. The van der Waals surface area contributed by atoms with Gasteiger partial charge in [-0.15, -0.1) is 0 Å². The Morgan fingerprint density at radius 2 is 1.71 bits per heavy atom. The van der Waals surface area contributed by atoms with Crippen molar-refractivity contribution in [2.45, 2.75) is 12.6 Å². The molecule has 5 nitrogen and oxygen atoms in total. The first kappa shape index (κ1) is 18.0. The van der Waals surface area contributed by atoms with Gasteiger partial charge in [0, 0.05) is 17.1 Å². The van der Waals surface area contributed by atoms with Gasteiger partial charge in [0.15, 0.2) is 6.04 Å². The number of methoxy groups -OCH3 is 1. The topological polar surface area (TPSA) is 55.8 Å². The predicted octanol–water partition coefficient (Wildman–Crippen LogP) is 3.93. The molecule has 0 aromatic heterocycles. The van der Waals surface area contributed by atoms with Gasteiger partial charge in [0.2, 0.25) is 0 Å². The van der Waals surface area contributed by atoms with Gasteiger partial charge < -0.3 is 9.47 Å². The summed E-state index contributed by atoms with van der Waals surface area (Å²) in [5.74, 6) is -0.541. The van der Waals surface area contributed by atoms with Crippen LogP contribution < -0.4 is 0 Å². The maximum atomic E-state index is 12.3. The molecule has 2 rings (SSSR count). The van der Waals surface area contributed by atoms with E-state index in [1.807, 2.05) is 36.4 Å². The molecule has 6 heteroatoms. The van der Waals surface area contributed by atoms with Crippen LogP contribution in [0.2, 0.25) is 0 Å². The number of carbonyl (C=O) groups excluding carboxylic acids is 2. The highest BCUT2D eigenvalue weighted by atomic mass is 79.9. The molecule has 24 heavy (non-hydrogen) atoms. The highest BCUT2D eigenvalue weighted by molar-refractivity contribution is 9.10. The molecule has 0 spiro atoms. The lowest BCUT2D eigenvalue weighted by Gasteiger charge is -2.26. The van der Waals surface area contributed by atoms with E-state index in [2.05, 4.69) is 15.9 Å². The summed E-state index contributed by atoms with van der Waals surface area (Å²) in [6, 6.07) is 15.6. The highest BCUT2D eigenvalue weighted by Crippen LogP contribution is 2.28. The fourth-order valence-corrected chi connectivity index (χ4v) is 2.73. The minimum atomic E-state index is -0.895. The number of hydrogen-bond acceptors (Lipinski definition) is 4. The molecule has 0 radical (unpaired) electrons. The number of carbonyl (C=O) groups is 2. The van der Waals surface area contributed by atoms with Crippen molar-refractivity contribution in [1.29, 1.82) is 0 Å². The van der Waals surface area contributed by atoms with Crippen LogP contribution in [0.25, 0.3) is 0 Å². The Labute approximate surface area is 149 Å². The van der Waals surface area contributed by atoms with Gasteiger partial charge in [0.05, 0.1) is 7.11 Å². The molecule has 126 valence electrons. The molecule has 0 N–H and O–H groups in total. The van der Waals surface area contributed by atoms with Crippen LogP contribution >= 0.6 is 15.9 Å². The Balaban J connectivity index is 2.15. The Hall–Kier alpha value is -2.34. The molecule has 0 aliphatic carbocycles. The molecule has 0 aliphatic heterocycles. The largest absolute Gasteiger partial charge is 0.467 e. The van der Waals surface area contributed by atoms with Crippen molar-refractivity contribution in [3.63, 3.8) is 0 Å². The van der Waals surface area contributed by atoms with Crippen LogP contribution in [-0.4, -0.2) is 31.1 Å². The highest BCUT2D eigenvalue weighted by Gasteiger charge is 2.31. The number of likely N-dealkylation sites (N-methyl/N-ethyl adjacent to an activating group) is 1. The monoisotopic (exact) mass is 391 g/mol. The predicted molar refractivity (Wildman–Crippen MR) is 93.3 cm³/mol. The normalized spacial score (nSPS) is 11.5. The second-order valence-electron chi connectivity index (χ2n) is 5.10. The second kappa shape index (κ2) is 8.49. The fraction of sp³-hybridized carbons (Fsp3) is 0.222. The molecular formula is C18H18BrNO4. The number of benzene rings is 2. The maximum Gasteiger partial charge on any atom is 0.410 e. The van der Waals surface area contributed by atoms with Gasteiger partial charge in [0.1, 0.15) is 6.61 Å². The molecule has 2 aromatic rings. The summed E-state index contributed by atoms with van der Waals surface area (Å²) in [5.41, 5.74) is 1.50. The Bertz CT molecular complexity index is 705. The van der Waals surface area contributed by atoms with Gasteiger partial charge in [-0.2, -0.15) is 0 Å². The summed E-state index contributed by atoms with van der Waals surface area (Å²) < 4.78 is 10.8. The molecule has 1 atom stereocenters. The summed E-state index contributed by atoms with van der Waals surface area (Å²) in [4.78, 5) is 25.8. The second-order valence-corrected chi connectivity index (χ2v) is 5.95. The molecule has 0 heterocycles. The maximum absolute atomic E-state index is 12.3. The Morgan fingerprint density at radius 1 is 1.08 bits per heavy atom. The zero-order valence-electron chi connectivity index (χ0n) is 13.4. The van der Waals surface area contributed by atoms with Gasteiger partial charge in [-0.05, 0) is 11.6 Å². The van der Waals surface area contributed by atoms with E-state index >= 15 is 0 Å². The third-order valence-electron chi connectivity index (χ3n) is 3.50. The van der Waals surface area contributed by atoms with Crippen LogP contribution in [0.4, 0.5) is 4.79 Å². The van der Waals surface area contributed by atoms with Crippen LogP contribution in [0, 0.1) is 0 Å². The first-order chi connectivity index (χ1) is 11.5. The van der Waals surface area contributed by atoms with Gasteiger partial charge in [-0.1, -0.05) is 64.5 Å². The van der Waals surface area contributed by atoms with Crippen molar-refractivity contribution in [2.75, 3.05) is 14.2 Å². The first-order valence-corrected chi connectivity index (χ1v) is 8.09. The van der Waals surface area contributed by atoms with E-state index in [0.29, 0.717) is 10.0 Å². The zero-order valence-corrected chi connectivity index (χ0v) is 15.0. The van der Waals surface area contributed by atoms with E-state index in [-0.39, 0.29) is 6.61 Å². The molecule has 2 aromatic carbocycles. The Kier molecular flexibility index (Phi) is 6.37. The Morgan fingerprint density at radius 3 is 2.33 bits per heavy atom. The first-order valence-electron chi connectivity index (χ1n) is 7.30. The van der Waals surface area contributed by atoms with E-state index in [4.69, 9.17) is 9.47 Å². The number of esters is 1. The van der Waals surface area contributed by atoms with Crippen molar-refractivity contribution in [2.24, 2.45) is 0 Å². The van der Waals surface area contributed by atoms with Crippen molar-refractivity contribution in [1.82, 2.24) is 4.90 Å². The summed E-state index contributed by atoms with van der Waals surface area (Å²) in [6.07, 6.45) is -0.606. The van der Waals surface area contributed by atoms with E-state index < -0.39 is 18.1 Å². The van der Waals surface area contributed by atoms with E-state index in [1.165, 1.54) is 19.1 Å². The number of rotatable bonds is 5. The van der Waals surface area contributed by atoms with E-state index in [0.717, 1.165) is 5.56 Å². The summed E-state index contributed by atoms with van der Waals surface area (Å²) in [7, 11) is 2.80. The van der Waals surface area contributed by atoms with Crippen molar-refractivity contribution in [3.8, 4) is 0 Å². The van der Waals surface area contributed by atoms with Gasteiger partial charge >= 0.3 is 12.1 Å². The lowest BCUT2D eigenvalue weighted by molar-refractivity contribution is -0.146. The van der Waals surface area contributed by atoms with Crippen LogP contribution in [0.1, 0.15) is 17.2 Å². The number of amides is 1. The summed E-state index contributed by atoms with van der Waals surface area (Å²) in [6.45, 7) is 0.133. The SMILES string of the molecule is COC(=O)C(c1ccccc1Br)N(C)C(=O)OCc1ccccc1. The third kappa shape index (κ3) is 4.35. The van der Waals surface area contributed by atoms with E-state index in [1.54, 1.807) is 18.2 Å². The molecule has 1 amide bonds. The molecule has 0 fully saturated rings. The number of nitrogens with zero attached hydrogens (tertiary/aromatic N) is 1. The number of ether oxygens (including phenoxy) is 2. The average molecular weight is 392 g/mol. The lowest BCUT2D eigenvalue weighted by Crippen LogP contribution is -2.37. The molecule has 0 saturated heterocycles. The van der Waals surface area contributed by atoms with Crippen LogP contribution in [0.15, 0.2) is 59.1 Å². The van der Waals surface area contributed by atoms with Crippen molar-refractivity contribution >= 4 is 28.0 Å². The van der Waals surface area contributed by atoms with Gasteiger partial charge in [0.25, 0.3) is 0 Å². The smallest absolute Gasteiger partial charge is 0.410 e. The number of hydrogen-bond donors (Lipinski definition) is 0. The van der Waals surface area contributed by atoms with Crippen molar-refractivity contribution in [3.05, 3.63) is 70.2 Å². The van der Waals surface area contributed by atoms with Gasteiger partial charge in [-0.25, -0.2) is 9.59 Å².